The van der Waals surface area contributed by atoms with Crippen LogP contribution in [0, 0.1) is 0 Å². The Morgan fingerprint density at radius 1 is 1.55 bits per heavy atom. The Hall–Kier alpha value is -0.820. The molecular formula is C15H27ClN2O3S. The van der Waals surface area contributed by atoms with Crippen LogP contribution in [0.5, 0.6) is 0 Å². The molecule has 128 valence electrons. The molecule has 22 heavy (non-hydrogen) atoms. The number of hydrogen-bond donors (Lipinski definition) is 2. The Morgan fingerprint density at radius 3 is 2.77 bits per heavy atom. The molecule has 0 spiro atoms. The lowest BCUT2D eigenvalue weighted by Gasteiger charge is -2.30. The van der Waals surface area contributed by atoms with Crippen LogP contribution in [0.15, 0.2) is 17.5 Å². The van der Waals surface area contributed by atoms with E-state index in [1.807, 2.05) is 17.5 Å². The van der Waals surface area contributed by atoms with Crippen molar-refractivity contribution in [1.29, 1.82) is 0 Å². The van der Waals surface area contributed by atoms with Crippen molar-refractivity contribution in [2.75, 3.05) is 20.3 Å². The number of unbranched alkanes of at least 4 members (excludes halogenated alkanes) is 1. The van der Waals surface area contributed by atoms with Crippen molar-refractivity contribution in [3.05, 3.63) is 22.4 Å². The summed E-state index contributed by atoms with van der Waals surface area (Å²) in [4.78, 5) is 14.1. The lowest BCUT2D eigenvalue weighted by atomic mass is 10.0. The number of nitrogens with two attached hydrogens (primary N) is 1. The molecule has 7 heteroatoms. The molecule has 0 saturated carbocycles. The number of halogens is 1. The number of amides is 1. The van der Waals surface area contributed by atoms with Gasteiger partial charge in [-0.05, 0) is 24.3 Å². The molecular weight excluding hydrogens is 324 g/mol. The van der Waals surface area contributed by atoms with Gasteiger partial charge < -0.3 is 15.6 Å². The van der Waals surface area contributed by atoms with Crippen LogP contribution in [0.25, 0.3) is 0 Å². The molecule has 0 saturated heterocycles. The lowest BCUT2D eigenvalue weighted by molar-refractivity contribution is 0.0935. The van der Waals surface area contributed by atoms with Gasteiger partial charge >= 0.3 is 6.09 Å². The molecule has 1 unspecified atom stereocenters. The summed E-state index contributed by atoms with van der Waals surface area (Å²) in [5.74, 6) is 0. The molecule has 0 aliphatic rings. The zero-order valence-corrected chi connectivity index (χ0v) is 14.9. The van der Waals surface area contributed by atoms with Crippen LogP contribution < -0.4 is 5.73 Å². The second-order valence-electron chi connectivity index (χ2n) is 5.14. The van der Waals surface area contributed by atoms with E-state index >= 15 is 0 Å². The fourth-order valence-electron chi connectivity index (χ4n) is 2.32. The molecule has 1 heterocycles. The fraction of sp³-hybridized carbons (Fsp3) is 0.667. The van der Waals surface area contributed by atoms with Crippen molar-refractivity contribution in [3.8, 4) is 0 Å². The van der Waals surface area contributed by atoms with Crippen LogP contribution in [0.2, 0.25) is 0 Å². The van der Waals surface area contributed by atoms with Crippen LogP contribution in [0.4, 0.5) is 4.79 Å². The minimum Gasteiger partial charge on any atom is -0.465 e. The zero-order chi connectivity index (χ0) is 15.7. The van der Waals surface area contributed by atoms with Crippen molar-refractivity contribution in [1.82, 2.24) is 4.90 Å². The summed E-state index contributed by atoms with van der Waals surface area (Å²) in [6, 6.07) is 3.75. The van der Waals surface area contributed by atoms with Crippen LogP contribution in [-0.2, 0) is 4.74 Å². The van der Waals surface area contributed by atoms with Gasteiger partial charge in [0.1, 0.15) is 0 Å². The average molecular weight is 351 g/mol. The normalized spacial score (nSPS) is 13.2. The summed E-state index contributed by atoms with van der Waals surface area (Å²) in [6.07, 6.45) is 2.83. The SMILES string of the molecule is CCCC[C@H](N)CC(c1cccs1)N(CCOC)C(=O)O.Cl. The first-order valence-corrected chi connectivity index (χ1v) is 8.25. The second kappa shape index (κ2) is 11.7. The average Bonchev–Trinajstić information content (AvgIpc) is 2.97. The predicted molar refractivity (Wildman–Crippen MR) is 93.0 cm³/mol. The summed E-state index contributed by atoms with van der Waals surface area (Å²) >= 11 is 1.57. The first-order valence-electron chi connectivity index (χ1n) is 7.37. The molecule has 3 N–H and O–H groups in total. The number of methoxy groups -OCH3 is 1. The Labute approximate surface area is 142 Å². The van der Waals surface area contributed by atoms with Crippen molar-refractivity contribution in [3.63, 3.8) is 0 Å². The maximum Gasteiger partial charge on any atom is 0.407 e. The van der Waals surface area contributed by atoms with E-state index in [0.717, 1.165) is 24.1 Å². The minimum atomic E-state index is -0.923. The van der Waals surface area contributed by atoms with Crippen LogP contribution in [-0.4, -0.2) is 42.4 Å². The van der Waals surface area contributed by atoms with Crippen molar-refractivity contribution in [2.24, 2.45) is 5.73 Å². The third-order valence-electron chi connectivity index (χ3n) is 3.48. The molecule has 5 nitrogen and oxygen atoms in total. The zero-order valence-electron chi connectivity index (χ0n) is 13.2. The Kier molecular flexibility index (Phi) is 11.3. The summed E-state index contributed by atoms with van der Waals surface area (Å²) < 4.78 is 5.03. The summed E-state index contributed by atoms with van der Waals surface area (Å²) in [7, 11) is 1.58. The van der Waals surface area contributed by atoms with Gasteiger partial charge in [0.15, 0.2) is 0 Å². The number of thiophene rings is 1. The quantitative estimate of drug-likeness (QED) is 0.673. The van der Waals surface area contributed by atoms with Gasteiger partial charge in [0.05, 0.1) is 12.6 Å². The van der Waals surface area contributed by atoms with E-state index in [2.05, 4.69) is 6.92 Å². The van der Waals surface area contributed by atoms with E-state index < -0.39 is 6.09 Å². The highest BCUT2D eigenvalue weighted by molar-refractivity contribution is 7.10. The first kappa shape index (κ1) is 21.2. The molecule has 0 bridgehead atoms. The third kappa shape index (κ3) is 6.96. The fourth-order valence-corrected chi connectivity index (χ4v) is 3.18. The number of carboxylic acid groups (broad SMARTS) is 1. The van der Waals surface area contributed by atoms with Gasteiger partial charge in [-0.1, -0.05) is 25.8 Å². The summed E-state index contributed by atoms with van der Waals surface area (Å²) in [5, 5.41) is 11.5. The maximum atomic E-state index is 11.6. The summed E-state index contributed by atoms with van der Waals surface area (Å²) in [5.41, 5.74) is 6.19. The highest BCUT2D eigenvalue weighted by Crippen LogP contribution is 2.30. The standard InChI is InChI=1S/C15H26N2O3S.ClH/c1-3-4-6-12(16)11-13(14-7-5-10-21-14)17(15(18)19)8-9-20-2;/h5,7,10,12-13H,3-4,6,8-9,11,16H2,1-2H3,(H,18,19);1H/t12-,13?;/m0./s1. The van der Waals surface area contributed by atoms with Crippen molar-refractivity contribution < 1.29 is 14.6 Å². The van der Waals surface area contributed by atoms with Gasteiger partial charge in [0, 0.05) is 24.6 Å². The molecule has 0 radical (unpaired) electrons. The van der Waals surface area contributed by atoms with Crippen LogP contribution in [0.3, 0.4) is 0 Å². The number of rotatable bonds is 10. The monoisotopic (exact) mass is 350 g/mol. The molecule has 2 atom stereocenters. The number of carbonyl (C=O) groups is 1. The molecule has 1 rings (SSSR count). The molecule has 1 aromatic heterocycles. The van der Waals surface area contributed by atoms with Gasteiger partial charge in [0.25, 0.3) is 0 Å². The predicted octanol–water partition coefficient (Wildman–Crippen LogP) is 3.75. The second-order valence-corrected chi connectivity index (χ2v) is 6.12. The topological polar surface area (TPSA) is 75.8 Å². The maximum absolute atomic E-state index is 11.6. The number of hydrogen-bond acceptors (Lipinski definition) is 4. The van der Waals surface area contributed by atoms with Crippen molar-refractivity contribution >= 4 is 29.8 Å². The van der Waals surface area contributed by atoms with E-state index in [1.54, 1.807) is 18.4 Å². The minimum absolute atomic E-state index is 0. The molecule has 0 fully saturated rings. The molecule has 1 aromatic rings. The van der Waals surface area contributed by atoms with E-state index in [9.17, 15) is 9.90 Å². The highest BCUT2D eigenvalue weighted by Gasteiger charge is 2.27. The van der Waals surface area contributed by atoms with Crippen LogP contribution in [0.1, 0.15) is 43.5 Å². The summed E-state index contributed by atoms with van der Waals surface area (Å²) in [6.45, 7) is 2.87. The Morgan fingerprint density at radius 2 is 2.27 bits per heavy atom. The Bertz CT molecular complexity index is 404. The van der Waals surface area contributed by atoms with E-state index in [-0.39, 0.29) is 24.5 Å². The highest BCUT2D eigenvalue weighted by atomic mass is 35.5. The Balaban J connectivity index is 0.00000441. The van der Waals surface area contributed by atoms with E-state index in [0.29, 0.717) is 19.6 Å². The molecule has 0 aliphatic heterocycles. The van der Waals surface area contributed by atoms with Crippen LogP contribution >= 0.6 is 23.7 Å². The third-order valence-corrected chi connectivity index (χ3v) is 4.46. The van der Waals surface area contributed by atoms with E-state index in [1.165, 1.54) is 4.90 Å². The van der Waals surface area contributed by atoms with Gasteiger partial charge in [-0.2, -0.15) is 0 Å². The molecule has 0 aliphatic carbocycles. The largest absolute Gasteiger partial charge is 0.465 e. The first-order chi connectivity index (χ1) is 10.1. The number of ether oxygens (including phenoxy) is 1. The van der Waals surface area contributed by atoms with Crippen molar-refractivity contribution in [2.45, 2.75) is 44.7 Å². The van der Waals surface area contributed by atoms with Gasteiger partial charge in [-0.15, -0.1) is 23.7 Å². The van der Waals surface area contributed by atoms with Gasteiger partial charge in [-0.3, -0.25) is 4.90 Å². The number of nitrogens with zero attached hydrogens (tertiary/aromatic N) is 1. The van der Waals surface area contributed by atoms with Gasteiger partial charge in [-0.25, -0.2) is 4.79 Å². The van der Waals surface area contributed by atoms with E-state index in [4.69, 9.17) is 10.5 Å². The smallest absolute Gasteiger partial charge is 0.407 e. The lowest BCUT2D eigenvalue weighted by Crippen LogP contribution is -2.39. The molecule has 0 aromatic carbocycles. The van der Waals surface area contributed by atoms with Gasteiger partial charge in [0.2, 0.25) is 0 Å². The molecule has 1 amide bonds.